The van der Waals surface area contributed by atoms with Crippen molar-refractivity contribution in [3.05, 3.63) is 34.9 Å². The van der Waals surface area contributed by atoms with Crippen molar-refractivity contribution in [3.63, 3.8) is 0 Å². The van der Waals surface area contributed by atoms with Gasteiger partial charge in [-0.2, -0.15) is 0 Å². The fourth-order valence-electron chi connectivity index (χ4n) is 4.18. The largest absolute Gasteiger partial charge is 0.375 e. The van der Waals surface area contributed by atoms with Crippen LogP contribution in [0.5, 0.6) is 0 Å². The van der Waals surface area contributed by atoms with Gasteiger partial charge in [-0.05, 0) is 56.7 Å². The maximum atomic E-state index is 6.33. The van der Waals surface area contributed by atoms with Crippen molar-refractivity contribution < 1.29 is 4.74 Å². The minimum Gasteiger partial charge on any atom is -0.375 e. The van der Waals surface area contributed by atoms with E-state index in [0.29, 0.717) is 12.0 Å². The van der Waals surface area contributed by atoms with Crippen molar-refractivity contribution in [3.8, 4) is 0 Å². The van der Waals surface area contributed by atoms with E-state index < -0.39 is 0 Å². The van der Waals surface area contributed by atoms with Crippen LogP contribution in [-0.2, 0) is 11.2 Å². The first-order valence-corrected chi connectivity index (χ1v) is 8.65. The predicted molar refractivity (Wildman–Crippen MR) is 87.9 cm³/mol. The topological polar surface area (TPSA) is 21.3 Å². The lowest BCUT2D eigenvalue weighted by Gasteiger charge is -2.41. The molecule has 0 radical (unpaired) electrons. The molecule has 116 valence electrons. The van der Waals surface area contributed by atoms with Gasteiger partial charge in [-0.3, -0.25) is 0 Å². The van der Waals surface area contributed by atoms with Crippen LogP contribution in [0, 0.1) is 5.92 Å². The number of hydrogen-bond donors (Lipinski definition) is 1. The Morgan fingerprint density at radius 3 is 2.81 bits per heavy atom. The Morgan fingerprint density at radius 2 is 2.10 bits per heavy atom. The van der Waals surface area contributed by atoms with E-state index in [4.69, 9.17) is 16.3 Å². The second kappa shape index (κ2) is 6.68. The summed E-state index contributed by atoms with van der Waals surface area (Å²) in [7, 11) is 2.08. The first-order valence-electron chi connectivity index (χ1n) is 8.27. The van der Waals surface area contributed by atoms with Gasteiger partial charge in [0.1, 0.15) is 0 Å². The molecule has 1 aliphatic heterocycles. The van der Waals surface area contributed by atoms with Crippen molar-refractivity contribution in [1.82, 2.24) is 5.32 Å². The third kappa shape index (κ3) is 3.44. The molecule has 1 spiro atoms. The molecule has 3 rings (SSSR count). The second-order valence-electron chi connectivity index (χ2n) is 6.68. The molecule has 21 heavy (non-hydrogen) atoms. The van der Waals surface area contributed by atoms with Crippen molar-refractivity contribution >= 4 is 11.6 Å². The van der Waals surface area contributed by atoms with Crippen molar-refractivity contribution in [2.45, 2.75) is 56.6 Å². The molecule has 1 aromatic rings. The van der Waals surface area contributed by atoms with Gasteiger partial charge in [0.05, 0.1) is 5.60 Å². The number of ether oxygens (including phenoxy) is 1. The maximum absolute atomic E-state index is 6.33. The maximum Gasteiger partial charge on any atom is 0.0685 e. The van der Waals surface area contributed by atoms with Gasteiger partial charge in [0.25, 0.3) is 0 Å². The molecule has 2 aliphatic rings. The highest BCUT2D eigenvalue weighted by Crippen LogP contribution is 2.43. The first kappa shape index (κ1) is 15.3. The molecule has 1 heterocycles. The highest BCUT2D eigenvalue weighted by Gasteiger charge is 2.41. The van der Waals surface area contributed by atoms with Crippen LogP contribution in [0.2, 0.25) is 5.02 Å². The Balaban J connectivity index is 1.69. The fraction of sp³-hybridized carbons (Fsp3) is 0.667. The molecule has 1 saturated heterocycles. The van der Waals surface area contributed by atoms with E-state index in [1.165, 1.54) is 37.7 Å². The van der Waals surface area contributed by atoms with Gasteiger partial charge in [0.2, 0.25) is 0 Å². The third-order valence-corrected chi connectivity index (χ3v) is 5.75. The number of rotatable bonds is 4. The van der Waals surface area contributed by atoms with Crippen molar-refractivity contribution in [1.29, 1.82) is 0 Å². The lowest BCUT2D eigenvalue weighted by Crippen LogP contribution is -2.45. The van der Waals surface area contributed by atoms with Gasteiger partial charge >= 0.3 is 0 Å². The molecule has 0 bridgehead atoms. The fourth-order valence-corrected chi connectivity index (χ4v) is 4.40. The van der Waals surface area contributed by atoms with E-state index in [0.717, 1.165) is 24.5 Å². The smallest absolute Gasteiger partial charge is 0.0685 e. The molecule has 2 fully saturated rings. The van der Waals surface area contributed by atoms with Crippen LogP contribution in [0.1, 0.15) is 44.1 Å². The van der Waals surface area contributed by atoms with Crippen LogP contribution in [0.3, 0.4) is 0 Å². The average Bonchev–Trinajstić information content (AvgIpc) is 2.94. The quantitative estimate of drug-likeness (QED) is 0.899. The standard InChI is InChI=1S/C18H26ClNO/c1-20-17(12-14-6-2-3-7-16(14)19)15-8-11-21-18(13-15)9-4-5-10-18/h2-3,6-7,15,17,20H,4-5,8-13H2,1H3. The van der Waals surface area contributed by atoms with Crippen LogP contribution in [0.15, 0.2) is 24.3 Å². The number of halogens is 1. The average molecular weight is 308 g/mol. The Morgan fingerprint density at radius 1 is 1.33 bits per heavy atom. The molecular formula is C18H26ClNO. The summed E-state index contributed by atoms with van der Waals surface area (Å²) in [5, 5.41) is 4.43. The van der Waals surface area contributed by atoms with Crippen molar-refractivity contribution in [2.75, 3.05) is 13.7 Å². The van der Waals surface area contributed by atoms with Gasteiger partial charge in [0, 0.05) is 17.7 Å². The molecule has 2 unspecified atom stereocenters. The molecule has 0 aromatic heterocycles. The molecular weight excluding hydrogens is 282 g/mol. The summed E-state index contributed by atoms with van der Waals surface area (Å²) in [5.41, 5.74) is 1.45. The Kier molecular flexibility index (Phi) is 4.88. The molecule has 3 heteroatoms. The van der Waals surface area contributed by atoms with E-state index in [1.54, 1.807) is 0 Å². The molecule has 1 aromatic carbocycles. The monoisotopic (exact) mass is 307 g/mol. The van der Waals surface area contributed by atoms with E-state index in [2.05, 4.69) is 24.5 Å². The minimum atomic E-state index is 0.193. The Labute approximate surface area is 133 Å². The lowest BCUT2D eigenvalue weighted by atomic mass is 9.79. The third-order valence-electron chi connectivity index (χ3n) is 5.38. The van der Waals surface area contributed by atoms with E-state index >= 15 is 0 Å². The number of likely N-dealkylation sites (N-methyl/N-ethyl adjacent to an activating group) is 1. The molecule has 2 atom stereocenters. The van der Waals surface area contributed by atoms with Crippen LogP contribution in [0.4, 0.5) is 0 Å². The number of nitrogens with one attached hydrogen (secondary N) is 1. The highest BCUT2D eigenvalue weighted by molar-refractivity contribution is 6.31. The van der Waals surface area contributed by atoms with E-state index in [9.17, 15) is 0 Å². The zero-order valence-corrected chi connectivity index (χ0v) is 13.7. The molecule has 1 N–H and O–H groups in total. The summed E-state index contributed by atoms with van der Waals surface area (Å²) >= 11 is 6.33. The van der Waals surface area contributed by atoms with Crippen LogP contribution < -0.4 is 5.32 Å². The van der Waals surface area contributed by atoms with E-state index in [1.807, 2.05) is 12.1 Å². The Hall–Kier alpha value is -0.570. The van der Waals surface area contributed by atoms with Crippen LogP contribution >= 0.6 is 11.6 Å². The molecule has 1 saturated carbocycles. The van der Waals surface area contributed by atoms with Gasteiger partial charge in [-0.1, -0.05) is 42.6 Å². The number of hydrogen-bond acceptors (Lipinski definition) is 2. The zero-order chi connectivity index (χ0) is 14.7. The van der Waals surface area contributed by atoms with Gasteiger partial charge in [0.15, 0.2) is 0 Å². The van der Waals surface area contributed by atoms with Crippen molar-refractivity contribution in [2.24, 2.45) is 5.92 Å². The van der Waals surface area contributed by atoms with Gasteiger partial charge in [-0.15, -0.1) is 0 Å². The highest BCUT2D eigenvalue weighted by atomic mass is 35.5. The SMILES string of the molecule is CNC(Cc1ccccc1Cl)C1CCOC2(CCCC2)C1. The minimum absolute atomic E-state index is 0.193. The summed E-state index contributed by atoms with van der Waals surface area (Å²) in [6.45, 7) is 0.922. The van der Waals surface area contributed by atoms with Gasteiger partial charge in [-0.25, -0.2) is 0 Å². The summed E-state index contributed by atoms with van der Waals surface area (Å²) in [6.07, 6.45) is 8.57. The molecule has 2 nitrogen and oxygen atoms in total. The normalized spacial score (nSPS) is 26.1. The lowest BCUT2D eigenvalue weighted by molar-refractivity contribution is -0.0975. The summed E-state index contributed by atoms with van der Waals surface area (Å²) in [5.74, 6) is 0.693. The predicted octanol–water partition coefficient (Wildman–Crippen LogP) is 4.21. The molecule has 1 aliphatic carbocycles. The number of benzene rings is 1. The Bertz CT molecular complexity index is 470. The van der Waals surface area contributed by atoms with Gasteiger partial charge < -0.3 is 10.1 Å². The van der Waals surface area contributed by atoms with Crippen LogP contribution in [0.25, 0.3) is 0 Å². The summed E-state index contributed by atoms with van der Waals surface area (Å²) in [4.78, 5) is 0. The zero-order valence-electron chi connectivity index (χ0n) is 12.9. The second-order valence-corrected chi connectivity index (χ2v) is 7.09. The summed E-state index contributed by atoms with van der Waals surface area (Å²) < 4.78 is 6.17. The van der Waals surface area contributed by atoms with Crippen LogP contribution in [-0.4, -0.2) is 25.3 Å². The first-order chi connectivity index (χ1) is 10.2. The summed E-state index contributed by atoms with van der Waals surface area (Å²) in [6, 6.07) is 8.72. The van der Waals surface area contributed by atoms with E-state index in [-0.39, 0.29) is 5.60 Å². The molecule has 0 amide bonds.